The topological polar surface area (TPSA) is 142 Å². The summed E-state index contributed by atoms with van der Waals surface area (Å²) in [5.74, 6) is -4.19. The molecule has 1 amide bonds. The number of rotatable bonds is 7. The fourth-order valence-electron chi connectivity index (χ4n) is 5.73. The van der Waals surface area contributed by atoms with E-state index >= 15 is 8.78 Å². The number of pyridine rings is 2. The van der Waals surface area contributed by atoms with Crippen LogP contribution in [0.1, 0.15) is 23.0 Å². The van der Waals surface area contributed by atoms with Crippen LogP contribution in [-0.2, 0) is 27.7 Å². The largest absolute Gasteiger partial charge is 0.467 e. The second-order valence-corrected chi connectivity index (χ2v) is 10.9. The first-order chi connectivity index (χ1) is 22.1. The van der Waals surface area contributed by atoms with Crippen LogP contribution in [0.4, 0.5) is 14.5 Å². The van der Waals surface area contributed by atoms with Crippen LogP contribution in [-0.4, -0.2) is 74.3 Å². The summed E-state index contributed by atoms with van der Waals surface area (Å²) in [6.45, 7) is 3.08. The van der Waals surface area contributed by atoms with E-state index in [2.05, 4.69) is 15.3 Å². The molecule has 1 aromatic carbocycles. The molecular formula is C31H29F2N7O6. The van der Waals surface area contributed by atoms with Gasteiger partial charge < -0.3 is 24.1 Å². The van der Waals surface area contributed by atoms with E-state index < -0.39 is 46.4 Å². The van der Waals surface area contributed by atoms with Crippen molar-refractivity contribution in [2.24, 2.45) is 7.05 Å². The number of nitrogens with one attached hydrogen (secondary N) is 1. The van der Waals surface area contributed by atoms with Gasteiger partial charge in [-0.3, -0.25) is 19.1 Å². The summed E-state index contributed by atoms with van der Waals surface area (Å²) in [5.41, 5.74) is -0.605. The molecule has 1 aliphatic rings. The smallest absolute Gasteiger partial charge is 0.336 e. The Kier molecular flexibility index (Phi) is 8.08. The quantitative estimate of drug-likeness (QED) is 0.265. The molecule has 1 fully saturated rings. The number of aryl methyl sites for hydroxylation is 1. The summed E-state index contributed by atoms with van der Waals surface area (Å²) >= 11 is 0. The molecule has 0 aliphatic carbocycles. The third kappa shape index (κ3) is 5.27. The summed E-state index contributed by atoms with van der Waals surface area (Å²) in [5, 5.41) is 2.67. The lowest BCUT2D eigenvalue weighted by molar-refractivity contribution is -0.142. The van der Waals surface area contributed by atoms with Crippen molar-refractivity contribution in [1.29, 1.82) is 0 Å². The van der Waals surface area contributed by atoms with Gasteiger partial charge in [0.1, 0.15) is 23.2 Å². The molecule has 1 N–H and O–H groups in total. The SMILES string of the molecule is COC(=O)[C@H](Cc1ccc(-n2c(=O)c3ccncc3n(C)c2=O)c2nccn12)NC(=O)c1c(F)cc(N2CCOC[C@H]2C)cc1F. The third-order valence-corrected chi connectivity index (χ3v) is 8.08. The van der Waals surface area contributed by atoms with Gasteiger partial charge in [0.2, 0.25) is 0 Å². The number of anilines is 1. The van der Waals surface area contributed by atoms with Crippen molar-refractivity contribution in [2.75, 3.05) is 31.8 Å². The second-order valence-electron chi connectivity index (χ2n) is 10.9. The zero-order valence-electron chi connectivity index (χ0n) is 25.1. The lowest BCUT2D eigenvalue weighted by atomic mass is 10.1. The van der Waals surface area contributed by atoms with Crippen molar-refractivity contribution >= 4 is 34.1 Å². The number of methoxy groups -OCH3 is 1. The van der Waals surface area contributed by atoms with Gasteiger partial charge in [-0.1, -0.05) is 0 Å². The van der Waals surface area contributed by atoms with Gasteiger partial charge in [-0.05, 0) is 37.3 Å². The maximum atomic E-state index is 15.2. The number of imidazole rings is 1. The molecule has 1 saturated heterocycles. The second kappa shape index (κ2) is 12.2. The highest BCUT2D eigenvalue weighted by Crippen LogP contribution is 2.26. The van der Waals surface area contributed by atoms with Crippen molar-refractivity contribution in [3.63, 3.8) is 0 Å². The average Bonchev–Trinajstić information content (AvgIpc) is 3.54. The van der Waals surface area contributed by atoms with E-state index in [4.69, 9.17) is 9.47 Å². The number of morpholine rings is 1. The predicted molar refractivity (Wildman–Crippen MR) is 162 cm³/mol. The van der Waals surface area contributed by atoms with Gasteiger partial charge in [0.25, 0.3) is 11.5 Å². The van der Waals surface area contributed by atoms with Gasteiger partial charge in [0.15, 0.2) is 5.65 Å². The van der Waals surface area contributed by atoms with Crippen LogP contribution in [0, 0.1) is 11.6 Å². The van der Waals surface area contributed by atoms with E-state index in [1.165, 1.54) is 42.3 Å². The van der Waals surface area contributed by atoms with Crippen LogP contribution in [0.25, 0.3) is 22.2 Å². The summed E-state index contributed by atoms with van der Waals surface area (Å²) < 4.78 is 44.5. The third-order valence-electron chi connectivity index (χ3n) is 8.08. The van der Waals surface area contributed by atoms with Crippen LogP contribution in [0.15, 0.2) is 64.7 Å². The van der Waals surface area contributed by atoms with Crippen molar-refractivity contribution in [2.45, 2.75) is 25.4 Å². The van der Waals surface area contributed by atoms with Crippen molar-refractivity contribution in [3.05, 3.63) is 98.8 Å². The maximum absolute atomic E-state index is 15.2. The number of halogens is 2. The number of amides is 1. The van der Waals surface area contributed by atoms with Gasteiger partial charge in [-0.2, -0.15) is 0 Å². The lowest BCUT2D eigenvalue weighted by Crippen LogP contribution is -2.44. The molecule has 13 nitrogen and oxygen atoms in total. The Morgan fingerprint density at radius 2 is 1.91 bits per heavy atom. The van der Waals surface area contributed by atoms with Gasteiger partial charge in [-0.15, -0.1) is 0 Å². The van der Waals surface area contributed by atoms with Crippen molar-refractivity contribution < 1.29 is 27.8 Å². The van der Waals surface area contributed by atoms with E-state index in [1.54, 1.807) is 21.6 Å². The molecule has 1 aliphatic heterocycles. The Labute approximate surface area is 259 Å². The van der Waals surface area contributed by atoms with E-state index in [1.807, 2.05) is 6.92 Å². The Balaban J connectivity index is 1.33. The molecule has 6 rings (SSSR count). The standard InChI is InChI=1S/C31H29F2N7O6/c1-17-16-46-11-10-38(17)19-12-21(32)26(22(33)13-19)28(41)36-23(30(43)45-3)14-18-4-5-24(27-35-8-9-39(18)27)40-29(42)20-6-7-34-15-25(20)37(2)31(40)44/h4-9,12-13,15,17,23H,10-11,14,16H2,1-3H3,(H,36,41)/t17-,23+/m1/s1. The van der Waals surface area contributed by atoms with Gasteiger partial charge >= 0.3 is 11.7 Å². The number of hydrogen-bond acceptors (Lipinski definition) is 9. The highest BCUT2D eigenvalue weighted by Gasteiger charge is 2.29. The van der Waals surface area contributed by atoms with Crippen LogP contribution in [0.5, 0.6) is 0 Å². The van der Waals surface area contributed by atoms with E-state index in [9.17, 15) is 19.2 Å². The fourth-order valence-corrected chi connectivity index (χ4v) is 5.73. The van der Waals surface area contributed by atoms with Gasteiger partial charge in [0, 0.05) is 56.0 Å². The lowest BCUT2D eigenvalue weighted by Gasteiger charge is -2.35. The molecule has 0 saturated carbocycles. The first kappa shape index (κ1) is 30.6. The van der Waals surface area contributed by atoms with Crippen molar-refractivity contribution in [1.82, 2.24) is 28.8 Å². The number of carbonyl (C=O) groups is 2. The normalized spacial score (nSPS) is 15.7. The molecule has 5 heterocycles. The van der Waals surface area contributed by atoms with Gasteiger partial charge in [0.05, 0.1) is 43.1 Å². The average molecular weight is 634 g/mol. The molecule has 4 aromatic heterocycles. The van der Waals surface area contributed by atoms with E-state index in [0.717, 1.165) is 23.8 Å². The van der Waals surface area contributed by atoms with E-state index in [-0.39, 0.29) is 34.9 Å². The number of fused-ring (bicyclic) bond motifs is 2. The van der Waals surface area contributed by atoms with Crippen molar-refractivity contribution in [3.8, 4) is 5.69 Å². The number of hydrogen-bond donors (Lipinski definition) is 1. The highest BCUT2D eigenvalue weighted by atomic mass is 19.1. The Morgan fingerprint density at radius 1 is 1.15 bits per heavy atom. The number of ether oxygens (including phenoxy) is 2. The van der Waals surface area contributed by atoms with E-state index in [0.29, 0.717) is 31.0 Å². The minimum atomic E-state index is -1.37. The number of carbonyl (C=O) groups excluding carboxylic acids is 2. The molecule has 0 bridgehead atoms. The number of aromatic nitrogens is 5. The maximum Gasteiger partial charge on any atom is 0.336 e. The molecule has 0 unspecified atom stereocenters. The fraction of sp³-hybridized carbons (Fsp3) is 0.290. The Bertz CT molecular complexity index is 2100. The highest BCUT2D eigenvalue weighted by molar-refractivity contribution is 5.97. The monoisotopic (exact) mass is 633 g/mol. The molecule has 0 radical (unpaired) electrons. The predicted octanol–water partition coefficient (Wildman–Crippen LogP) is 1.75. The summed E-state index contributed by atoms with van der Waals surface area (Å²) in [4.78, 5) is 62.8. The van der Waals surface area contributed by atoms with Crippen LogP contribution in [0.3, 0.4) is 0 Å². The zero-order chi connectivity index (χ0) is 32.7. The van der Waals surface area contributed by atoms with Crippen LogP contribution in [0.2, 0.25) is 0 Å². The zero-order valence-corrected chi connectivity index (χ0v) is 25.1. The minimum absolute atomic E-state index is 0.123. The van der Waals surface area contributed by atoms with Crippen LogP contribution < -0.4 is 21.5 Å². The Morgan fingerprint density at radius 3 is 2.63 bits per heavy atom. The summed E-state index contributed by atoms with van der Waals surface area (Å²) in [6.07, 6.45) is 5.68. The molecule has 15 heteroatoms. The molecule has 5 aromatic rings. The first-order valence-corrected chi connectivity index (χ1v) is 14.3. The molecule has 46 heavy (non-hydrogen) atoms. The molecule has 238 valence electrons. The Hall–Kier alpha value is -5.44. The van der Waals surface area contributed by atoms with Crippen LogP contribution >= 0.6 is 0 Å². The summed E-state index contributed by atoms with van der Waals surface area (Å²) in [7, 11) is 2.64. The number of esters is 1. The number of nitrogens with zero attached hydrogens (tertiary/aromatic N) is 6. The molecule has 0 spiro atoms. The summed E-state index contributed by atoms with van der Waals surface area (Å²) in [6, 6.07) is 5.23. The first-order valence-electron chi connectivity index (χ1n) is 14.3. The number of benzene rings is 1. The molecular weight excluding hydrogens is 604 g/mol. The van der Waals surface area contributed by atoms with Gasteiger partial charge in [-0.25, -0.2) is 27.9 Å². The minimum Gasteiger partial charge on any atom is -0.467 e. The molecule has 2 atom stereocenters.